The van der Waals surface area contributed by atoms with Crippen LogP contribution in [0.3, 0.4) is 0 Å². The number of amides is 1. The first kappa shape index (κ1) is 18.7. The zero-order chi connectivity index (χ0) is 20.1. The first-order valence-electron chi connectivity index (χ1n) is 9.61. The molecule has 0 atom stereocenters. The summed E-state index contributed by atoms with van der Waals surface area (Å²) in [6, 6.07) is 17.1. The van der Waals surface area contributed by atoms with E-state index in [2.05, 4.69) is 37.6 Å². The van der Waals surface area contributed by atoms with Gasteiger partial charge >= 0.3 is 0 Å². The molecule has 4 rings (SSSR count). The third-order valence-corrected chi connectivity index (χ3v) is 4.87. The fourth-order valence-electron chi connectivity index (χ4n) is 3.36. The monoisotopic (exact) mass is 389 g/mol. The van der Waals surface area contributed by atoms with Crippen molar-refractivity contribution in [2.45, 2.75) is 12.8 Å². The number of benzene rings is 2. The number of carbonyl (C=O) groups is 1. The van der Waals surface area contributed by atoms with Gasteiger partial charge in [-0.15, -0.1) is 0 Å². The van der Waals surface area contributed by atoms with E-state index in [9.17, 15) is 4.79 Å². The number of methoxy groups -OCH3 is 1. The average Bonchev–Trinajstić information content (AvgIpc) is 3.30. The minimum atomic E-state index is -0.329. The fraction of sp³-hybridized carbons (Fsp3) is 0.227. The van der Waals surface area contributed by atoms with E-state index in [4.69, 9.17) is 4.74 Å². The van der Waals surface area contributed by atoms with Gasteiger partial charge in [-0.25, -0.2) is 9.97 Å². The molecule has 0 saturated carbocycles. The lowest BCUT2D eigenvalue weighted by Crippen LogP contribution is -2.17. The fourth-order valence-corrected chi connectivity index (χ4v) is 3.36. The second-order valence-corrected chi connectivity index (χ2v) is 6.81. The van der Waals surface area contributed by atoms with Crippen molar-refractivity contribution in [3.05, 3.63) is 66.6 Å². The average molecular weight is 389 g/mol. The van der Waals surface area contributed by atoms with E-state index in [0.717, 1.165) is 18.8 Å². The molecule has 7 heteroatoms. The molecule has 2 heterocycles. The van der Waals surface area contributed by atoms with Crippen LogP contribution in [0.15, 0.2) is 60.9 Å². The molecule has 0 aliphatic carbocycles. The quantitative estimate of drug-likeness (QED) is 0.661. The number of hydrogen-bond acceptors (Lipinski definition) is 6. The van der Waals surface area contributed by atoms with Crippen LogP contribution in [-0.2, 0) is 0 Å². The van der Waals surface area contributed by atoms with Crippen LogP contribution in [0.5, 0.6) is 5.75 Å². The highest BCUT2D eigenvalue weighted by Gasteiger charge is 2.13. The number of carbonyl (C=O) groups excluding carboxylic acids is 1. The molecule has 1 saturated heterocycles. The summed E-state index contributed by atoms with van der Waals surface area (Å²) < 4.78 is 5.27. The maximum atomic E-state index is 12.6. The number of nitrogens with one attached hydrogen (secondary N) is 2. The van der Waals surface area contributed by atoms with Crippen LogP contribution >= 0.6 is 0 Å². The van der Waals surface area contributed by atoms with Crippen LogP contribution in [0, 0.1) is 0 Å². The number of hydrogen-bond donors (Lipinski definition) is 2. The summed E-state index contributed by atoms with van der Waals surface area (Å²) in [5.41, 5.74) is 2.99. The highest BCUT2D eigenvalue weighted by Crippen LogP contribution is 2.25. The normalized spacial score (nSPS) is 13.2. The van der Waals surface area contributed by atoms with Crippen molar-refractivity contribution >= 4 is 28.8 Å². The Balaban J connectivity index is 1.45. The van der Waals surface area contributed by atoms with Crippen molar-refractivity contribution in [2.24, 2.45) is 0 Å². The van der Waals surface area contributed by atoms with Crippen LogP contribution < -0.4 is 20.3 Å². The molecule has 2 aromatic carbocycles. The van der Waals surface area contributed by atoms with E-state index in [1.807, 2.05) is 24.3 Å². The van der Waals surface area contributed by atoms with Gasteiger partial charge in [0.25, 0.3) is 5.91 Å². The maximum absolute atomic E-state index is 12.6. The molecule has 3 aromatic rings. The molecule has 0 unspecified atom stereocenters. The van der Waals surface area contributed by atoms with Gasteiger partial charge in [0.15, 0.2) is 0 Å². The zero-order valence-electron chi connectivity index (χ0n) is 16.3. The molecule has 0 spiro atoms. The van der Waals surface area contributed by atoms with Gasteiger partial charge in [-0.1, -0.05) is 12.1 Å². The van der Waals surface area contributed by atoms with Gasteiger partial charge in [0.05, 0.1) is 12.8 Å². The minimum Gasteiger partial charge on any atom is -0.495 e. The smallest absolute Gasteiger partial charge is 0.274 e. The van der Waals surface area contributed by atoms with E-state index in [1.165, 1.54) is 24.9 Å². The molecule has 1 aromatic heterocycles. The lowest BCUT2D eigenvalue weighted by Gasteiger charge is -2.17. The van der Waals surface area contributed by atoms with Crippen molar-refractivity contribution in [1.29, 1.82) is 0 Å². The summed E-state index contributed by atoms with van der Waals surface area (Å²) in [5.74, 6) is 0.815. The van der Waals surface area contributed by atoms with E-state index in [-0.39, 0.29) is 11.6 Å². The molecule has 2 N–H and O–H groups in total. The summed E-state index contributed by atoms with van der Waals surface area (Å²) in [4.78, 5) is 23.3. The van der Waals surface area contributed by atoms with Crippen molar-refractivity contribution in [3.63, 3.8) is 0 Å². The lowest BCUT2D eigenvalue weighted by molar-refractivity contribution is 0.102. The summed E-state index contributed by atoms with van der Waals surface area (Å²) in [5, 5.41) is 6.05. The Labute approximate surface area is 169 Å². The first-order chi connectivity index (χ1) is 14.2. The molecule has 1 amide bonds. The summed E-state index contributed by atoms with van der Waals surface area (Å²) in [7, 11) is 1.56. The van der Waals surface area contributed by atoms with Gasteiger partial charge < -0.3 is 20.3 Å². The molecule has 7 nitrogen and oxygen atoms in total. The molecule has 29 heavy (non-hydrogen) atoms. The third kappa shape index (κ3) is 4.45. The van der Waals surface area contributed by atoms with Gasteiger partial charge in [0.2, 0.25) is 0 Å². The van der Waals surface area contributed by atoms with Crippen LogP contribution in [0.4, 0.5) is 22.9 Å². The van der Waals surface area contributed by atoms with E-state index < -0.39 is 0 Å². The highest BCUT2D eigenvalue weighted by atomic mass is 16.5. The van der Waals surface area contributed by atoms with E-state index in [0.29, 0.717) is 17.3 Å². The van der Waals surface area contributed by atoms with Gasteiger partial charge in [0, 0.05) is 30.5 Å². The summed E-state index contributed by atoms with van der Waals surface area (Å²) in [6.07, 6.45) is 3.87. The van der Waals surface area contributed by atoms with Crippen LogP contribution in [0.25, 0.3) is 0 Å². The molecular formula is C22H23N5O2. The van der Waals surface area contributed by atoms with Gasteiger partial charge in [-0.3, -0.25) is 4.79 Å². The van der Waals surface area contributed by atoms with Gasteiger partial charge in [-0.05, 0) is 49.2 Å². The van der Waals surface area contributed by atoms with Crippen molar-refractivity contribution < 1.29 is 9.53 Å². The SMILES string of the molecule is COc1ccccc1NC(=O)c1cc(Nc2ccc(N3CCCC3)cc2)ncn1. The molecule has 1 fully saturated rings. The van der Waals surface area contributed by atoms with Crippen molar-refractivity contribution in [1.82, 2.24) is 9.97 Å². The van der Waals surface area contributed by atoms with Crippen LogP contribution in [0.2, 0.25) is 0 Å². The molecule has 148 valence electrons. The summed E-state index contributed by atoms with van der Waals surface area (Å²) >= 11 is 0. The van der Waals surface area contributed by atoms with E-state index >= 15 is 0 Å². The van der Waals surface area contributed by atoms with Crippen molar-refractivity contribution in [2.75, 3.05) is 35.7 Å². The molecule has 0 bridgehead atoms. The van der Waals surface area contributed by atoms with Crippen molar-refractivity contribution in [3.8, 4) is 5.75 Å². The van der Waals surface area contributed by atoms with Crippen LogP contribution in [-0.4, -0.2) is 36.1 Å². The Morgan fingerprint density at radius 1 is 1.03 bits per heavy atom. The molecule has 1 aliphatic rings. The third-order valence-electron chi connectivity index (χ3n) is 4.87. The Kier molecular flexibility index (Phi) is 5.56. The second kappa shape index (κ2) is 8.60. The lowest BCUT2D eigenvalue weighted by atomic mass is 10.2. The molecule has 1 aliphatic heterocycles. The predicted octanol–water partition coefficient (Wildman–Crippen LogP) is 4.08. The number of aromatic nitrogens is 2. The Bertz CT molecular complexity index is 985. The first-order valence-corrected chi connectivity index (χ1v) is 9.61. The van der Waals surface area contributed by atoms with Gasteiger partial charge in [0.1, 0.15) is 23.6 Å². The largest absolute Gasteiger partial charge is 0.495 e. The van der Waals surface area contributed by atoms with Crippen LogP contribution in [0.1, 0.15) is 23.3 Å². The summed E-state index contributed by atoms with van der Waals surface area (Å²) in [6.45, 7) is 2.23. The topological polar surface area (TPSA) is 79.4 Å². The predicted molar refractivity (Wildman–Crippen MR) is 114 cm³/mol. The number of ether oxygens (including phenoxy) is 1. The Hall–Kier alpha value is -3.61. The number of anilines is 4. The molecule has 0 radical (unpaired) electrons. The van der Waals surface area contributed by atoms with Gasteiger partial charge in [-0.2, -0.15) is 0 Å². The second-order valence-electron chi connectivity index (χ2n) is 6.81. The number of rotatable bonds is 6. The highest BCUT2D eigenvalue weighted by molar-refractivity contribution is 6.04. The standard InChI is InChI=1S/C22H23N5O2/c1-29-20-7-3-2-6-18(20)26-22(28)19-14-21(24-15-23-19)25-16-8-10-17(11-9-16)27-12-4-5-13-27/h2-3,6-11,14-15H,4-5,12-13H2,1H3,(H,26,28)(H,23,24,25). The zero-order valence-corrected chi connectivity index (χ0v) is 16.3. The Morgan fingerprint density at radius 2 is 1.79 bits per heavy atom. The Morgan fingerprint density at radius 3 is 2.55 bits per heavy atom. The number of para-hydroxylation sites is 2. The van der Waals surface area contributed by atoms with E-state index in [1.54, 1.807) is 25.3 Å². The minimum absolute atomic E-state index is 0.266. The number of nitrogens with zero attached hydrogens (tertiary/aromatic N) is 3. The maximum Gasteiger partial charge on any atom is 0.274 e. The molecular weight excluding hydrogens is 366 g/mol.